The Kier molecular flexibility index (Phi) is 14.6. The molecule has 1 atom stereocenters. The van der Waals surface area contributed by atoms with Crippen LogP contribution in [0.25, 0.3) is 43.8 Å². The number of fused-ring (bicyclic) bond motifs is 2. The van der Waals surface area contributed by atoms with Crippen molar-refractivity contribution in [2.24, 2.45) is 0 Å². The van der Waals surface area contributed by atoms with Crippen molar-refractivity contribution >= 4 is 28.4 Å². The fourth-order valence-corrected chi connectivity index (χ4v) is 5.55. The molecule has 0 bridgehead atoms. The standard InChI is InChI=1S/C21H23.C17H15.2CH3.Si.Zr/c1-3-4-9-16(2)19-14-18-12-8-13-20(21(18)15-19)17-10-6-5-7-11-17;1-12-10-16-13(2)8-9-15(17(16)11-12)14-6-4-3-5-7-14;;;;/h5-8,10-16H,3-4,9H2,1-2H3;3-11H,1-2H3;2*1H3;;/q4*-1;;. The van der Waals surface area contributed by atoms with E-state index in [9.17, 15) is 0 Å². The Morgan fingerprint density at radius 1 is 0.690 bits per heavy atom. The van der Waals surface area contributed by atoms with Crippen molar-refractivity contribution in [3.05, 3.63) is 147 Å². The molecule has 0 heterocycles. The minimum atomic E-state index is 0. The molecule has 6 aromatic carbocycles. The summed E-state index contributed by atoms with van der Waals surface area (Å²) in [5.74, 6) is 0.654. The van der Waals surface area contributed by atoms with E-state index in [1.807, 2.05) is 0 Å². The van der Waals surface area contributed by atoms with Gasteiger partial charge in [0.05, 0.1) is 0 Å². The third kappa shape index (κ3) is 8.40. The summed E-state index contributed by atoms with van der Waals surface area (Å²) in [6, 6.07) is 41.7. The Hall–Kier alpha value is -2.80. The zero-order valence-electron chi connectivity index (χ0n) is 26.2. The Bertz CT molecular complexity index is 1640. The van der Waals surface area contributed by atoms with Gasteiger partial charge in [-0.1, -0.05) is 124 Å². The van der Waals surface area contributed by atoms with Gasteiger partial charge in [-0.15, -0.1) is 68.6 Å². The number of aryl methyl sites for hydroxylation is 2. The first kappa shape index (κ1) is 35.4. The Morgan fingerprint density at radius 3 is 1.88 bits per heavy atom. The maximum absolute atomic E-state index is 3.06. The molecule has 216 valence electrons. The van der Waals surface area contributed by atoms with E-state index in [1.54, 1.807) is 0 Å². The molecule has 2 heteroatoms. The van der Waals surface area contributed by atoms with Crippen LogP contribution in [0.5, 0.6) is 0 Å². The number of unbranched alkanes of at least 4 members (excludes halogenated alkanes) is 1. The third-order valence-electron chi connectivity index (χ3n) is 7.75. The Balaban J connectivity index is 0.000000270. The molecular weight excluding hydrogens is 600 g/mol. The molecule has 0 nitrogen and oxygen atoms in total. The van der Waals surface area contributed by atoms with E-state index >= 15 is 0 Å². The fraction of sp³-hybridized carbons (Fsp3) is 0.200. The molecule has 0 saturated heterocycles. The van der Waals surface area contributed by atoms with Crippen LogP contribution >= 0.6 is 0 Å². The molecule has 0 N–H and O–H groups in total. The van der Waals surface area contributed by atoms with E-state index in [0.29, 0.717) is 5.92 Å². The van der Waals surface area contributed by atoms with Gasteiger partial charge in [0.15, 0.2) is 0 Å². The molecule has 6 rings (SSSR count). The summed E-state index contributed by atoms with van der Waals surface area (Å²) in [7, 11) is 0. The van der Waals surface area contributed by atoms with E-state index in [1.165, 1.54) is 103 Å². The summed E-state index contributed by atoms with van der Waals surface area (Å²) in [4.78, 5) is 0. The molecule has 0 aliphatic heterocycles. The number of hydrogen-bond donors (Lipinski definition) is 0. The molecule has 1 unspecified atom stereocenters. The molecule has 42 heavy (non-hydrogen) atoms. The molecule has 0 spiro atoms. The molecular formula is C40H44SiZr-4. The van der Waals surface area contributed by atoms with Gasteiger partial charge >= 0.3 is 30.2 Å². The van der Waals surface area contributed by atoms with Crippen molar-refractivity contribution in [1.82, 2.24) is 0 Å². The van der Waals surface area contributed by atoms with E-state index < -0.39 is 0 Å². The molecule has 0 aliphatic rings. The molecule has 0 saturated carbocycles. The topological polar surface area (TPSA) is 0 Å². The minimum absolute atomic E-state index is 0. The van der Waals surface area contributed by atoms with Gasteiger partial charge in [0.1, 0.15) is 0 Å². The Labute approximate surface area is 272 Å². The normalized spacial score (nSPS) is 10.8. The summed E-state index contributed by atoms with van der Waals surface area (Å²) < 4.78 is 0. The van der Waals surface area contributed by atoms with E-state index in [0.717, 1.165) is 0 Å². The second-order valence-corrected chi connectivity index (χ2v) is 10.7. The first-order valence-corrected chi connectivity index (χ1v) is 18.5. The van der Waals surface area contributed by atoms with Crippen molar-refractivity contribution in [2.75, 3.05) is 0 Å². The van der Waals surface area contributed by atoms with Crippen LogP contribution in [0, 0.1) is 28.7 Å². The summed E-state index contributed by atoms with van der Waals surface area (Å²) >= 11 is 1.36. The van der Waals surface area contributed by atoms with Gasteiger partial charge < -0.3 is 14.9 Å². The Morgan fingerprint density at radius 2 is 1.29 bits per heavy atom. The first-order chi connectivity index (χ1) is 19.5. The molecule has 2 radical (unpaired) electrons. The van der Waals surface area contributed by atoms with Gasteiger partial charge in [-0.2, -0.15) is 12.1 Å². The van der Waals surface area contributed by atoms with Gasteiger partial charge in [0.25, 0.3) is 0 Å². The van der Waals surface area contributed by atoms with Crippen LogP contribution in [0.15, 0.2) is 115 Å². The zero-order valence-corrected chi connectivity index (χ0v) is 29.6. The van der Waals surface area contributed by atoms with Crippen LogP contribution in [0.4, 0.5) is 0 Å². The predicted molar refractivity (Wildman–Crippen MR) is 186 cm³/mol. The molecule has 0 aromatic heterocycles. The summed E-state index contributed by atoms with van der Waals surface area (Å²) in [6.07, 6.45) is 3.88. The van der Waals surface area contributed by atoms with Crippen LogP contribution in [0.2, 0.25) is 0 Å². The van der Waals surface area contributed by atoms with Crippen molar-refractivity contribution in [1.29, 1.82) is 0 Å². The van der Waals surface area contributed by atoms with E-state index in [4.69, 9.17) is 0 Å². The van der Waals surface area contributed by atoms with Gasteiger partial charge in [-0.05, 0) is 23.5 Å². The molecule has 0 aliphatic carbocycles. The second kappa shape index (κ2) is 17.3. The average Bonchev–Trinajstić information content (AvgIpc) is 3.62. The summed E-state index contributed by atoms with van der Waals surface area (Å²) in [5.41, 5.74) is 9.46. The molecule has 0 fully saturated rings. The first-order valence-electron chi connectivity index (χ1n) is 14.3. The predicted octanol–water partition coefficient (Wildman–Crippen LogP) is 11.9. The third-order valence-corrected chi connectivity index (χ3v) is 7.75. The van der Waals surface area contributed by atoms with Crippen LogP contribution in [-0.4, -0.2) is 6.88 Å². The monoisotopic (exact) mass is 642 g/mol. The molecule has 0 amide bonds. The number of rotatable bonds is 6. The van der Waals surface area contributed by atoms with Gasteiger partial charge in [0.2, 0.25) is 0 Å². The van der Waals surface area contributed by atoms with Crippen molar-refractivity contribution < 1.29 is 23.3 Å². The van der Waals surface area contributed by atoms with Gasteiger partial charge in [0, 0.05) is 0 Å². The molecule has 6 aromatic rings. The van der Waals surface area contributed by atoms with E-state index in [-0.39, 0.29) is 14.9 Å². The maximum atomic E-state index is 3.06. The SMILES string of the molecule is CCCCC(C)c1cc2c(-c3ccccc3)cccc2[cH-]1.Cc1cc2c(-c3ccccc3)ccc(C)c2[cH-]1.[CH3-].[CH3-].[Si]=[Zr]. The van der Waals surface area contributed by atoms with E-state index in [2.05, 4.69) is 150 Å². The van der Waals surface area contributed by atoms with Crippen molar-refractivity contribution in [2.45, 2.75) is 52.9 Å². The summed E-state index contributed by atoms with van der Waals surface area (Å²) in [6.45, 7) is 12.0. The van der Waals surface area contributed by atoms with Crippen LogP contribution in [-0.2, 0) is 23.3 Å². The zero-order chi connectivity index (χ0) is 28.5. The average molecular weight is 644 g/mol. The van der Waals surface area contributed by atoms with Crippen LogP contribution in [0.3, 0.4) is 0 Å². The van der Waals surface area contributed by atoms with Gasteiger partial charge in [-0.3, -0.25) is 0 Å². The summed E-state index contributed by atoms with van der Waals surface area (Å²) in [5, 5.41) is 5.51. The quantitative estimate of drug-likeness (QED) is 0.125. The van der Waals surface area contributed by atoms with Crippen LogP contribution in [0.1, 0.15) is 55.7 Å². The second-order valence-electron chi connectivity index (χ2n) is 10.7. The fourth-order valence-electron chi connectivity index (χ4n) is 5.55. The van der Waals surface area contributed by atoms with Gasteiger partial charge in [-0.25, -0.2) is 0 Å². The van der Waals surface area contributed by atoms with Crippen molar-refractivity contribution in [3.8, 4) is 22.3 Å². The number of benzene rings is 4. The van der Waals surface area contributed by atoms with Crippen LogP contribution < -0.4 is 0 Å². The van der Waals surface area contributed by atoms with Crippen molar-refractivity contribution in [3.63, 3.8) is 0 Å². The number of hydrogen-bond acceptors (Lipinski definition) is 0.